The summed E-state index contributed by atoms with van der Waals surface area (Å²) >= 11 is 13.6. The Morgan fingerprint density at radius 1 is 1.23 bits per heavy atom. The van der Waals surface area contributed by atoms with Gasteiger partial charge in [0, 0.05) is 23.4 Å². The van der Waals surface area contributed by atoms with Crippen molar-refractivity contribution >= 4 is 51.5 Å². The van der Waals surface area contributed by atoms with Crippen LogP contribution >= 0.6 is 34.5 Å². The number of halogens is 2. The summed E-state index contributed by atoms with van der Waals surface area (Å²) in [4.78, 5) is 29.1. The Balaban J connectivity index is 1.50. The number of thiazole rings is 1. The Morgan fingerprint density at radius 3 is 2.77 bits per heavy atom. The van der Waals surface area contributed by atoms with Crippen LogP contribution in [0.1, 0.15) is 36.1 Å². The first-order chi connectivity index (χ1) is 12.5. The van der Waals surface area contributed by atoms with Gasteiger partial charge in [0.2, 0.25) is 11.8 Å². The second-order valence-corrected chi connectivity index (χ2v) is 8.17. The van der Waals surface area contributed by atoms with Crippen molar-refractivity contribution in [1.82, 2.24) is 10.3 Å². The molecule has 1 saturated carbocycles. The molecule has 0 bridgehead atoms. The highest BCUT2D eigenvalue weighted by Crippen LogP contribution is 2.29. The lowest BCUT2D eigenvalue weighted by Crippen LogP contribution is -2.36. The van der Waals surface area contributed by atoms with Gasteiger partial charge in [0.15, 0.2) is 5.13 Å². The van der Waals surface area contributed by atoms with Gasteiger partial charge in [-0.15, -0.1) is 11.3 Å². The zero-order valence-electron chi connectivity index (χ0n) is 14.1. The first-order valence-electron chi connectivity index (χ1n) is 8.48. The van der Waals surface area contributed by atoms with Gasteiger partial charge in [0.1, 0.15) is 0 Å². The maximum atomic E-state index is 12.0. The van der Waals surface area contributed by atoms with Crippen LogP contribution in [0, 0.1) is 5.92 Å². The first kappa shape index (κ1) is 19.1. The van der Waals surface area contributed by atoms with E-state index in [0.717, 1.165) is 36.1 Å². The number of nitrogens with one attached hydrogen (secondary N) is 2. The molecule has 5 nitrogen and oxygen atoms in total. The molecule has 1 aromatic carbocycles. The maximum absolute atomic E-state index is 12.0. The van der Waals surface area contributed by atoms with E-state index in [1.165, 1.54) is 11.3 Å². The molecule has 1 fully saturated rings. The fourth-order valence-corrected chi connectivity index (χ4v) is 4.22. The van der Waals surface area contributed by atoms with Crippen LogP contribution in [0.5, 0.6) is 0 Å². The quantitative estimate of drug-likeness (QED) is 0.744. The van der Waals surface area contributed by atoms with Gasteiger partial charge in [-0.3, -0.25) is 9.59 Å². The Labute approximate surface area is 166 Å². The van der Waals surface area contributed by atoms with Crippen molar-refractivity contribution in [3.05, 3.63) is 44.9 Å². The second kappa shape index (κ2) is 8.84. The average molecular weight is 412 g/mol. The molecule has 138 valence electrons. The van der Waals surface area contributed by atoms with Crippen LogP contribution in [0.4, 0.5) is 5.13 Å². The third-order valence-electron chi connectivity index (χ3n) is 4.35. The van der Waals surface area contributed by atoms with Gasteiger partial charge in [-0.1, -0.05) is 48.2 Å². The minimum absolute atomic E-state index is 0.0342. The molecule has 3 rings (SSSR count). The van der Waals surface area contributed by atoms with E-state index < -0.39 is 0 Å². The van der Waals surface area contributed by atoms with E-state index in [-0.39, 0.29) is 24.3 Å². The number of hydrogen-bond acceptors (Lipinski definition) is 4. The molecule has 1 aliphatic rings. The molecular weight excluding hydrogens is 393 g/mol. The fraction of sp³-hybridized carbons (Fsp3) is 0.389. The molecule has 2 N–H and O–H groups in total. The number of nitrogens with zero attached hydrogens (tertiary/aromatic N) is 1. The van der Waals surface area contributed by atoms with E-state index in [4.69, 9.17) is 23.2 Å². The van der Waals surface area contributed by atoms with Crippen LogP contribution in [0.25, 0.3) is 0 Å². The van der Waals surface area contributed by atoms with Gasteiger partial charge < -0.3 is 10.6 Å². The maximum Gasteiger partial charge on any atom is 0.245 e. The Kier molecular flexibility index (Phi) is 6.51. The lowest BCUT2D eigenvalue weighted by atomic mass is 10.1. The normalized spacial score (nSPS) is 14.4. The zero-order valence-corrected chi connectivity index (χ0v) is 16.4. The van der Waals surface area contributed by atoms with Gasteiger partial charge in [-0.2, -0.15) is 0 Å². The Hall–Kier alpha value is -1.63. The van der Waals surface area contributed by atoms with Gasteiger partial charge in [0.25, 0.3) is 0 Å². The molecule has 0 atom stereocenters. The van der Waals surface area contributed by atoms with Crippen molar-refractivity contribution in [2.75, 3.05) is 11.9 Å². The standard InChI is InChI=1S/C18H19Cl2N3O2S/c19-14-7-3-6-12(16(14)20)8-13-9-22-18(26-13)23-15(24)10-21-17(25)11-4-1-2-5-11/h3,6-7,9,11H,1-2,4-5,8,10H2,(H,21,25)(H,22,23,24). The van der Waals surface area contributed by atoms with Gasteiger partial charge in [0.05, 0.1) is 16.6 Å². The molecule has 0 radical (unpaired) electrons. The van der Waals surface area contributed by atoms with Gasteiger partial charge >= 0.3 is 0 Å². The fourth-order valence-electron chi connectivity index (χ4n) is 2.98. The molecule has 0 aliphatic heterocycles. The van der Waals surface area contributed by atoms with E-state index >= 15 is 0 Å². The molecular formula is C18H19Cl2N3O2S. The van der Waals surface area contributed by atoms with Crippen molar-refractivity contribution in [3.8, 4) is 0 Å². The van der Waals surface area contributed by atoms with Gasteiger partial charge in [-0.25, -0.2) is 4.98 Å². The first-order valence-corrected chi connectivity index (χ1v) is 10.1. The van der Waals surface area contributed by atoms with Crippen LogP contribution in [-0.2, 0) is 16.0 Å². The molecule has 1 aromatic heterocycles. The van der Waals surface area contributed by atoms with Crippen LogP contribution < -0.4 is 10.6 Å². The topological polar surface area (TPSA) is 71.1 Å². The number of hydrogen-bond donors (Lipinski definition) is 2. The number of anilines is 1. The van der Waals surface area contributed by atoms with Crippen LogP contribution in [0.15, 0.2) is 24.4 Å². The summed E-state index contributed by atoms with van der Waals surface area (Å²) in [6.45, 7) is -0.0373. The summed E-state index contributed by atoms with van der Waals surface area (Å²) in [7, 11) is 0. The summed E-state index contributed by atoms with van der Waals surface area (Å²) in [6.07, 6.45) is 6.29. The summed E-state index contributed by atoms with van der Waals surface area (Å²) < 4.78 is 0. The molecule has 0 unspecified atom stereocenters. The van der Waals surface area contributed by atoms with E-state index in [0.29, 0.717) is 21.6 Å². The summed E-state index contributed by atoms with van der Waals surface area (Å²) in [5, 5.41) is 6.96. The molecule has 0 saturated heterocycles. The molecule has 1 aliphatic carbocycles. The third kappa shape index (κ3) is 4.96. The van der Waals surface area contributed by atoms with E-state index in [1.807, 2.05) is 12.1 Å². The number of carbonyl (C=O) groups is 2. The SMILES string of the molecule is O=C(CNC(=O)C1CCCC1)Nc1ncc(Cc2cccc(Cl)c2Cl)s1. The largest absolute Gasteiger partial charge is 0.347 e. The minimum Gasteiger partial charge on any atom is -0.347 e. The number of benzene rings is 1. The lowest BCUT2D eigenvalue weighted by molar-refractivity contribution is -0.127. The monoisotopic (exact) mass is 411 g/mol. The highest BCUT2D eigenvalue weighted by atomic mass is 35.5. The van der Waals surface area contributed by atoms with Gasteiger partial charge in [-0.05, 0) is 24.5 Å². The molecule has 26 heavy (non-hydrogen) atoms. The summed E-state index contributed by atoms with van der Waals surface area (Å²) in [5.74, 6) is -0.261. The zero-order chi connectivity index (χ0) is 18.5. The predicted molar refractivity (Wildman–Crippen MR) is 105 cm³/mol. The molecule has 0 spiro atoms. The predicted octanol–water partition coefficient (Wildman–Crippen LogP) is 4.29. The van der Waals surface area contributed by atoms with Crippen LogP contribution in [0.3, 0.4) is 0 Å². The van der Waals surface area contributed by atoms with Crippen molar-refractivity contribution in [3.63, 3.8) is 0 Å². The van der Waals surface area contributed by atoms with Crippen molar-refractivity contribution in [2.24, 2.45) is 5.92 Å². The van der Waals surface area contributed by atoms with Crippen molar-refractivity contribution in [2.45, 2.75) is 32.1 Å². The number of carbonyl (C=O) groups excluding carboxylic acids is 2. The lowest BCUT2D eigenvalue weighted by Gasteiger charge is -2.09. The van der Waals surface area contributed by atoms with Crippen molar-refractivity contribution < 1.29 is 9.59 Å². The highest BCUT2D eigenvalue weighted by Gasteiger charge is 2.22. The summed E-state index contributed by atoms with van der Waals surface area (Å²) in [5.41, 5.74) is 0.907. The van der Waals surface area contributed by atoms with E-state index in [1.54, 1.807) is 12.3 Å². The minimum atomic E-state index is -0.280. The van der Waals surface area contributed by atoms with Crippen LogP contribution in [0.2, 0.25) is 10.0 Å². The van der Waals surface area contributed by atoms with Crippen molar-refractivity contribution in [1.29, 1.82) is 0 Å². The highest BCUT2D eigenvalue weighted by molar-refractivity contribution is 7.15. The summed E-state index contributed by atoms with van der Waals surface area (Å²) in [6, 6.07) is 5.50. The molecule has 1 heterocycles. The Bertz CT molecular complexity index is 803. The third-order valence-corrected chi connectivity index (χ3v) is 6.12. The Morgan fingerprint density at radius 2 is 2.00 bits per heavy atom. The molecule has 2 aromatic rings. The molecule has 8 heteroatoms. The van der Waals surface area contributed by atoms with Crippen LogP contribution in [-0.4, -0.2) is 23.3 Å². The van der Waals surface area contributed by atoms with E-state index in [2.05, 4.69) is 15.6 Å². The molecule has 2 amide bonds. The average Bonchev–Trinajstić information content (AvgIpc) is 3.29. The number of rotatable bonds is 6. The smallest absolute Gasteiger partial charge is 0.245 e. The number of amides is 2. The second-order valence-electron chi connectivity index (χ2n) is 6.27. The number of aromatic nitrogens is 1. The van der Waals surface area contributed by atoms with E-state index in [9.17, 15) is 9.59 Å².